The monoisotopic (exact) mass is 443 g/mol. The maximum absolute atomic E-state index is 11.6. The number of aromatic nitrogens is 1. The van der Waals surface area contributed by atoms with Crippen LogP contribution >= 0.6 is 0 Å². The molecule has 2 amide bonds. The van der Waals surface area contributed by atoms with Gasteiger partial charge in [-0.2, -0.15) is 0 Å². The Kier molecular flexibility index (Phi) is 9.56. The van der Waals surface area contributed by atoms with Crippen molar-refractivity contribution in [2.45, 2.75) is 65.0 Å². The van der Waals surface area contributed by atoms with Crippen LogP contribution in [-0.4, -0.2) is 46.5 Å². The molecule has 1 saturated heterocycles. The zero-order chi connectivity index (χ0) is 23.7. The summed E-state index contributed by atoms with van der Waals surface area (Å²) in [7, 11) is 0. The Balaban J connectivity index is 0.000000218. The minimum absolute atomic E-state index is 0.0463. The van der Waals surface area contributed by atoms with Crippen LogP contribution in [0.2, 0.25) is 0 Å². The van der Waals surface area contributed by atoms with E-state index in [0.29, 0.717) is 25.4 Å². The summed E-state index contributed by atoms with van der Waals surface area (Å²) < 4.78 is 0. The third-order valence-electron chi connectivity index (χ3n) is 5.41. The first-order valence-corrected chi connectivity index (χ1v) is 11.1. The quantitative estimate of drug-likeness (QED) is 0.318. The Bertz CT molecular complexity index is 893. The molecule has 2 fully saturated rings. The number of hydrogen-bond donors (Lipinski definition) is 4. The Hall–Kier alpha value is -2.55. The summed E-state index contributed by atoms with van der Waals surface area (Å²) in [6.07, 6.45) is 6.14. The molecule has 1 aliphatic carbocycles. The van der Waals surface area contributed by atoms with Crippen molar-refractivity contribution >= 4 is 23.1 Å². The van der Waals surface area contributed by atoms with Crippen molar-refractivity contribution < 1.29 is 14.7 Å². The number of pyridine rings is 1. The van der Waals surface area contributed by atoms with Crippen LogP contribution in [-0.2, 0) is 16.1 Å². The van der Waals surface area contributed by atoms with E-state index in [1.54, 1.807) is 4.90 Å². The minimum atomic E-state index is -0.302. The van der Waals surface area contributed by atoms with Gasteiger partial charge >= 0.3 is 0 Å². The molecule has 1 aromatic heterocycles. The Morgan fingerprint density at radius 1 is 1.25 bits per heavy atom. The lowest BCUT2D eigenvalue weighted by Crippen LogP contribution is -2.32. The van der Waals surface area contributed by atoms with Gasteiger partial charge in [-0.3, -0.25) is 26.3 Å². The highest BCUT2D eigenvalue weighted by atomic mass is 16.3. The van der Waals surface area contributed by atoms with E-state index in [9.17, 15) is 14.7 Å². The average molecular weight is 444 g/mol. The molecule has 8 nitrogen and oxygen atoms in total. The number of fused-ring (bicyclic) bond motifs is 1. The number of amides is 2. The van der Waals surface area contributed by atoms with E-state index >= 15 is 0 Å². The van der Waals surface area contributed by atoms with Gasteiger partial charge in [-0.1, -0.05) is 32.9 Å². The second kappa shape index (κ2) is 11.9. The molecule has 1 atom stereocenters. The first-order chi connectivity index (χ1) is 15.3. The molecule has 1 aromatic carbocycles. The van der Waals surface area contributed by atoms with Gasteiger partial charge in [0.05, 0.1) is 11.8 Å². The summed E-state index contributed by atoms with van der Waals surface area (Å²) in [4.78, 5) is 28.1. The topological polar surface area (TPSA) is 135 Å². The molecule has 8 heteroatoms. The Labute approximate surface area is 190 Å². The van der Waals surface area contributed by atoms with Gasteiger partial charge in [-0.25, -0.2) is 0 Å². The lowest BCUT2D eigenvalue weighted by Gasteiger charge is -2.22. The number of β-amino-alcohol motifs (C(OH)–C–C–N with tert-alkyl or cyclic N) is 1. The van der Waals surface area contributed by atoms with Crippen LogP contribution in [0, 0.1) is 5.41 Å². The van der Waals surface area contributed by atoms with Gasteiger partial charge in [0, 0.05) is 43.6 Å². The van der Waals surface area contributed by atoms with Gasteiger partial charge in [-0.15, -0.1) is 0 Å². The van der Waals surface area contributed by atoms with Crippen LogP contribution < -0.4 is 17.0 Å². The molecule has 1 saturated carbocycles. The molecular weight excluding hydrogens is 406 g/mol. The van der Waals surface area contributed by atoms with E-state index in [1.807, 2.05) is 12.3 Å². The van der Waals surface area contributed by atoms with Gasteiger partial charge in [-0.05, 0) is 47.8 Å². The van der Waals surface area contributed by atoms with Gasteiger partial charge in [0.1, 0.15) is 0 Å². The molecule has 1 unspecified atom stereocenters. The van der Waals surface area contributed by atoms with Gasteiger partial charge in [0.25, 0.3) is 0 Å². The van der Waals surface area contributed by atoms with Crippen molar-refractivity contribution in [3.05, 3.63) is 41.7 Å². The van der Waals surface area contributed by atoms with E-state index in [1.165, 1.54) is 29.3 Å². The van der Waals surface area contributed by atoms with Crippen molar-refractivity contribution in [3.8, 4) is 0 Å². The summed E-state index contributed by atoms with van der Waals surface area (Å²) in [6, 6.07) is 8.34. The molecule has 2 heterocycles. The third-order valence-corrected chi connectivity index (χ3v) is 5.41. The molecule has 32 heavy (non-hydrogen) atoms. The number of aliphatic hydroxyl groups excluding tert-OH is 1. The SMILES string of the molecule is CC(C)(C)CC(=O)N1CCC(O)C1.NN.O=CNCc1ccc2c(C3CC3)nccc2c1. The van der Waals surface area contributed by atoms with Crippen LogP contribution in [0.5, 0.6) is 0 Å². The lowest BCUT2D eigenvalue weighted by atomic mass is 9.92. The van der Waals surface area contributed by atoms with Gasteiger partial charge in [0.15, 0.2) is 0 Å². The fourth-order valence-corrected chi connectivity index (χ4v) is 3.74. The number of nitrogens with two attached hydrogens (primary N) is 2. The number of likely N-dealkylation sites (tertiary alicyclic amines) is 1. The minimum Gasteiger partial charge on any atom is -0.391 e. The van der Waals surface area contributed by atoms with E-state index < -0.39 is 0 Å². The van der Waals surface area contributed by atoms with E-state index in [4.69, 9.17) is 0 Å². The predicted octanol–water partition coefficient (Wildman–Crippen LogP) is 2.19. The number of aliphatic hydroxyl groups is 1. The smallest absolute Gasteiger partial charge is 0.223 e. The number of nitrogens with zero attached hydrogens (tertiary/aromatic N) is 2. The summed E-state index contributed by atoms with van der Waals surface area (Å²) in [5.41, 5.74) is 2.40. The maximum atomic E-state index is 11.6. The third kappa shape index (κ3) is 7.85. The predicted molar refractivity (Wildman–Crippen MR) is 126 cm³/mol. The van der Waals surface area contributed by atoms with E-state index in [0.717, 1.165) is 24.9 Å². The lowest BCUT2D eigenvalue weighted by molar-refractivity contribution is -0.132. The van der Waals surface area contributed by atoms with Crippen molar-refractivity contribution in [3.63, 3.8) is 0 Å². The second-order valence-corrected chi connectivity index (χ2v) is 9.54. The number of carbonyl (C=O) groups excluding carboxylic acids is 2. The summed E-state index contributed by atoms with van der Waals surface area (Å²) in [5.74, 6) is 8.83. The van der Waals surface area contributed by atoms with Crippen molar-refractivity contribution in [2.24, 2.45) is 17.1 Å². The van der Waals surface area contributed by atoms with Crippen molar-refractivity contribution in [1.82, 2.24) is 15.2 Å². The highest BCUT2D eigenvalue weighted by Gasteiger charge is 2.27. The van der Waals surface area contributed by atoms with Crippen molar-refractivity contribution in [1.29, 1.82) is 0 Å². The summed E-state index contributed by atoms with van der Waals surface area (Å²) in [6.45, 7) is 7.98. The first kappa shape index (κ1) is 25.7. The summed E-state index contributed by atoms with van der Waals surface area (Å²) in [5, 5.41) is 14.4. The number of benzene rings is 1. The standard InChI is InChI=1S/C14H14N2O.C10H19NO2.H4N2/c17-9-15-8-10-1-4-13-12(7-10)5-6-16-14(13)11-2-3-11;1-10(2,3)6-9(13)11-5-4-8(12)7-11;1-2/h1,4-7,9,11H,2-3,8H2,(H,15,17);8,12H,4-7H2,1-3H3;1-2H2. The molecule has 6 N–H and O–H groups in total. The van der Waals surface area contributed by atoms with Crippen LogP contribution in [0.1, 0.15) is 63.6 Å². The number of nitrogens with one attached hydrogen (secondary N) is 1. The molecule has 0 bridgehead atoms. The molecular formula is C24H37N5O3. The zero-order valence-corrected chi connectivity index (χ0v) is 19.4. The van der Waals surface area contributed by atoms with Crippen LogP contribution in [0.4, 0.5) is 0 Å². The number of hydrogen-bond acceptors (Lipinski definition) is 6. The number of rotatable bonds is 5. The van der Waals surface area contributed by atoms with E-state index in [-0.39, 0.29) is 17.4 Å². The molecule has 2 aromatic rings. The van der Waals surface area contributed by atoms with E-state index in [2.05, 4.69) is 61.0 Å². The average Bonchev–Trinajstić information content (AvgIpc) is 3.52. The highest BCUT2D eigenvalue weighted by molar-refractivity contribution is 5.85. The van der Waals surface area contributed by atoms with Crippen LogP contribution in [0.15, 0.2) is 30.5 Å². The van der Waals surface area contributed by atoms with Gasteiger partial charge < -0.3 is 15.3 Å². The maximum Gasteiger partial charge on any atom is 0.223 e. The Morgan fingerprint density at radius 3 is 2.53 bits per heavy atom. The van der Waals surface area contributed by atoms with Gasteiger partial charge in [0.2, 0.25) is 12.3 Å². The van der Waals surface area contributed by atoms with Crippen LogP contribution in [0.25, 0.3) is 10.8 Å². The molecule has 0 spiro atoms. The largest absolute Gasteiger partial charge is 0.391 e. The highest BCUT2D eigenvalue weighted by Crippen LogP contribution is 2.41. The summed E-state index contributed by atoms with van der Waals surface area (Å²) >= 11 is 0. The molecule has 4 rings (SSSR count). The molecule has 176 valence electrons. The molecule has 0 radical (unpaired) electrons. The molecule has 1 aliphatic heterocycles. The van der Waals surface area contributed by atoms with Crippen LogP contribution in [0.3, 0.4) is 0 Å². The van der Waals surface area contributed by atoms with Crippen molar-refractivity contribution in [2.75, 3.05) is 13.1 Å². The second-order valence-electron chi connectivity index (χ2n) is 9.54. The number of carbonyl (C=O) groups is 2. The first-order valence-electron chi connectivity index (χ1n) is 11.1. The fourth-order valence-electron chi connectivity index (χ4n) is 3.74. The zero-order valence-electron chi connectivity index (χ0n) is 19.4. The fraction of sp³-hybridized carbons (Fsp3) is 0.542. The normalized spacial score (nSPS) is 17.7. The Morgan fingerprint density at radius 2 is 1.97 bits per heavy atom. The molecule has 2 aliphatic rings. The number of hydrazine groups is 1.